The Morgan fingerprint density at radius 2 is 2.00 bits per heavy atom. The van der Waals surface area contributed by atoms with E-state index < -0.39 is 5.56 Å². The molecule has 3 nitrogen and oxygen atoms in total. The second-order valence-corrected chi connectivity index (χ2v) is 5.01. The van der Waals surface area contributed by atoms with Crippen molar-refractivity contribution in [3.8, 4) is 0 Å². The van der Waals surface area contributed by atoms with Gasteiger partial charge in [-0.25, -0.2) is 4.79 Å². The predicted molar refractivity (Wildman–Crippen MR) is 78.1 cm³/mol. The summed E-state index contributed by atoms with van der Waals surface area (Å²) in [5.41, 5.74) is 0.618. The Hall–Kier alpha value is -1.32. The summed E-state index contributed by atoms with van der Waals surface area (Å²) in [6, 6.07) is 9.27. The summed E-state index contributed by atoms with van der Waals surface area (Å²) >= 11 is 6.05. The molecule has 1 rings (SSSR count). The molecule has 0 heterocycles. The van der Waals surface area contributed by atoms with Crippen molar-refractivity contribution in [1.29, 1.82) is 0 Å². The molecule has 0 radical (unpaired) electrons. The van der Waals surface area contributed by atoms with Crippen molar-refractivity contribution in [1.82, 2.24) is 4.90 Å². The normalized spacial score (nSPS) is 13.4. The second-order valence-electron chi connectivity index (χ2n) is 4.61. The second kappa shape index (κ2) is 7.97. The summed E-state index contributed by atoms with van der Waals surface area (Å²) in [6.07, 6.45) is 2.68. The number of nitrogens with zero attached hydrogens (tertiary/aromatic N) is 1. The number of halogens is 1. The number of hydrogen-bond donors (Lipinski definition) is 0. The van der Waals surface area contributed by atoms with E-state index in [0.29, 0.717) is 5.57 Å². The van der Waals surface area contributed by atoms with Crippen LogP contribution in [0.5, 0.6) is 0 Å². The molecule has 0 bridgehead atoms. The highest BCUT2D eigenvalue weighted by Crippen LogP contribution is 2.22. The molecule has 4 heteroatoms. The summed E-state index contributed by atoms with van der Waals surface area (Å²) in [4.78, 5) is 13.9. The Kier molecular flexibility index (Phi) is 6.60. The van der Waals surface area contributed by atoms with Gasteiger partial charge in [0.05, 0.1) is 0 Å². The first kappa shape index (κ1) is 15.7. The third-order valence-electron chi connectivity index (χ3n) is 2.62. The van der Waals surface area contributed by atoms with Gasteiger partial charge in [0.2, 0.25) is 5.56 Å². The van der Waals surface area contributed by atoms with Crippen molar-refractivity contribution < 1.29 is 9.53 Å². The average Bonchev–Trinajstić information content (AvgIpc) is 2.39. The summed E-state index contributed by atoms with van der Waals surface area (Å²) < 4.78 is 5.20. The Morgan fingerprint density at radius 1 is 1.37 bits per heavy atom. The first-order valence-electron chi connectivity index (χ1n) is 6.22. The zero-order valence-electron chi connectivity index (χ0n) is 11.6. The average molecular weight is 282 g/mol. The maximum Gasteiger partial charge on any atom is 0.335 e. The summed E-state index contributed by atoms with van der Waals surface area (Å²) in [7, 11) is 3.98. The van der Waals surface area contributed by atoms with Crippen molar-refractivity contribution in [3.63, 3.8) is 0 Å². The van der Waals surface area contributed by atoms with Gasteiger partial charge in [-0.15, -0.1) is 0 Å². The summed E-state index contributed by atoms with van der Waals surface area (Å²) in [5, 5.41) is 0. The Morgan fingerprint density at radius 3 is 2.58 bits per heavy atom. The molecule has 0 fully saturated rings. The summed E-state index contributed by atoms with van der Waals surface area (Å²) in [6.45, 7) is 2.64. The van der Waals surface area contributed by atoms with E-state index in [1.807, 2.05) is 50.5 Å². The maximum absolute atomic E-state index is 11.8. The molecular formula is C15H20ClNO2. The van der Waals surface area contributed by atoms with E-state index in [4.69, 9.17) is 16.3 Å². The maximum atomic E-state index is 11.8. The van der Waals surface area contributed by atoms with Crippen LogP contribution in [0.2, 0.25) is 0 Å². The molecule has 1 atom stereocenters. The molecule has 0 N–H and O–H groups in total. The molecule has 1 aromatic carbocycles. The van der Waals surface area contributed by atoms with Gasteiger partial charge in [0.1, 0.15) is 0 Å². The fourth-order valence-corrected chi connectivity index (χ4v) is 1.71. The topological polar surface area (TPSA) is 29.5 Å². The molecular weight excluding hydrogens is 262 g/mol. The number of benzene rings is 1. The molecule has 0 amide bonds. The lowest BCUT2D eigenvalue weighted by Gasteiger charge is -2.12. The van der Waals surface area contributed by atoms with Gasteiger partial charge in [-0.3, -0.25) is 0 Å². The number of alkyl halides is 1. The van der Waals surface area contributed by atoms with Crippen LogP contribution in [0.4, 0.5) is 0 Å². The molecule has 0 saturated carbocycles. The van der Waals surface area contributed by atoms with E-state index >= 15 is 0 Å². The zero-order valence-corrected chi connectivity index (χ0v) is 12.4. The largest absolute Gasteiger partial charge is 0.438 e. The third-order valence-corrected chi connectivity index (χ3v) is 2.96. The molecule has 0 aliphatic heterocycles. The van der Waals surface area contributed by atoms with Crippen molar-refractivity contribution in [3.05, 3.63) is 47.5 Å². The van der Waals surface area contributed by atoms with Crippen molar-refractivity contribution >= 4 is 17.6 Å². The monoisotopic (exact) mass is 281 g/mol. The van der Waals surface area contributed by atoms with Gasteiger partial charge >= 0.3 is 5.97 Å². The van der Waals surface area contributed by atoms with E-state index in [2.05, 4.69) is 4.90 Å². The standard InChI is InChI=1S/C15H20ClNO2/c1-12(8-7-11-17(2)3)15(18)19-14(16)13-9-5-4-6-10-13/h4-6,8-10,14H,7,11H2,1-3H3. The molecule has 0 aliphatic carbocycles. The van der Waals surface area contributed by atoms with E-state index in [9.17, 15) is 4.79 Å². The predicted octanol–water partition coefficient (Wildman–Crippen LogP) is 3.37. The fraction of sp³-hybridized carbons (Fsp3) is 0.400. The minimum absolute atomic E-state index is 0.373. The molecule has 1 aromatic rings. The van der Waals surface area contributed by atoms with Crippen LogP contribution >= 0.6 is 11.6 Å². The van der Waals surface area contributed by atoms with Crippen molar-refractivity contribution in [2.24, 2.45) is 0 Å². The molecule has 0 aromatic heterocycles. The fourth-order valence-electron chi connectivity index (χ4n) is 1.48. The van der Waals surface area contributed by atoms with Gasteiger partial charge in [0.25, 0.3) is 0 Å². The number of esters is 1. The third kappa shape index (κ3) is 5.90. The van der Waals surface area contributed by atoms with Gasteiger partial charge in [0.15, 0.2) is 0 Å². The van der Waals surface area contributed by atoms with Gasteiger partial charge in [-0.1, -0.05) is 48.0 Å². The number of carbonyl (C=O) groups excluding carboxylic acids is 1. The van der Waals surface area contributed by atoms with Crippen LogP contribution in [0, 0.1) is 0 Å². The van der Waals surface area contributed by atoms with Gasteiger partial charge in [0, 0.05) is 17.7 Å². The molecule has 104 valence electrons. The molecule has 1 unspecified atom stereocenters. The Bertz CT molecular complexity index is 429. The lowest BCUT2D eigenvalue weighted by molar-refractivity contribution is -0.141. The lowest BCUT2D eigenvalue weighted by atomic mass is 10.2. The van der Waals surface area contributed by atoms with E-state index in [1.54, 1.807) is 6.92 Å². The lowest BCUT2D eigenvalue weighted by Crippen LogP contribution is -2.13. The van der Waals surface area contributed by atoms with Gasteiger partial charge in [-0.2, -0.15) is 0 Å². The quantitative estimate of drug-likeness (QED) is 0.455. The molecule has 0 saturated heterocycles. The highest BCUT2D eigenvalue weighted by Gasteiger charge is 2.14. The van der Waals surface area contributed by atoms with Crippen LogP contribution in [0.25, 0.3) is 0 Å². The highest BCUT2D eigenvalue weighted by atomic mass is 35.5. The molecule has 19 heavy (non-hydrogen) atoms. The zero-order chi connectivity index (χ0) is 14.3. The molecule has 0 aliphatic rings. The highest BCUT2D eigenvalue weighted by molar-refractivity contribution is 6.20. The van der Waals surface area contributed by atoms with Crippen LogP contribution < -0.4 is 0 Å². The smallest absolute Gasteiger partial charge is 0.335 e. The number of carbonyl (C=O) groups is 1. The number of rotatable bonds is 6. The van der Waals surface area contributed by atoms with E-state index in [1.165, 1.54) is 0 Å². The minimum Gasteiger partial charge on any atom is -0.438 e. The van der Waals surface area contributed by atoms with Crippen molar-refractivity contribution in [2.75, 3.05) is 20.6 Å². The van der Waals surface area contributed by atoms with Crippen LogP contribution in [0.1, 0.15) is 24.5 Å². The van der Waals surface area contributed by atoms with E-state index in [-0.39, 0.29) is 5.97 Å². The first-order chi connectivity index (χ1) is 9.00. The van der Waals surface area contributed by atoms with E-state index in [0.717, 1.165) is 18.5 Å². The SMILES string of the molecule is CC(=CCCN(C)C)C(=O)OC(Cl)c1ccccc1. The van der Waals surface area contributed by atoms with Gasteiger partial charge in [-0.05, 0) is 27.4 Å². The number of hydrogen-bond acceptors (Lipinski definition) is 3. The van der Waals surface area contributed by atoms with Crippen LogP contribution in [-0.4, -0.2) is 31.5 Å². The Labute approximate surface area is 119 Å². The molecule has 0 spiro atoms. The summed E-state index contributed by atoms with van der Waals surface area (Å²) in [5.74, 6) is -0.373. The minimum atomic E-state index is -0.745. The van der Waals surface area contributed by atoms with Gasteiger partial charge < -0.3 is 9.64 Å². The van der Waals surface area contributed by atoms with Crippen LogP contribution in [0.3, 0.4) is 0 Å². The Balaban J connectivity index is 2.50. The van der Waals surface area contributed by atoms with Crippen molar-refractivity contribution in [2.45, 2.75) is 18.9 Å². The van der Waals surface area contributed by atoms with Crippen LogP contribution in [-0.2, 0) is 9.53 Å². The number of ether oxygens (including phenoxy) is 1. The van der Waals surface area contributed by atoms with Crippen LogP contribution in [0.15, 0.2) is 42.0 Å². The first-order valence-corrected chi connectivity index (χ1v) is 6.66.